The minimum Gasteiger partial charge on any atom is -0.384 e. The largest absolute Gasteiger partial charge is 0.384 e. The maximum absolute atomic E-state index is 14.7. The number of nitrogens with one attached hydrogen (secondary N) is 1. The van der Waals surface area contributed by atoms with Crippen LogP contribution in [0, 0.1) is 5.92 Å². The molecule has 16 nitrogen and oxygen atoms in total. The molecule has 4 amide bonds. The molecule has 3 aliphatic rings. The van der Waals surface area contributed by atoms with E-state index >= 15 is 0 Å². The number of carbonyl (C=O) groups excluding carboxylic acids is 5. The molecule has 3 fully saturated rings. The van der Waals surface area contributed by atoms with Crippen molar-refractivity contribution in [3.05, 3.63) is 35.7 Å². The number of nitrogens with two attached hydrogens (primary N) is 1. The number of amides is 4. The number of benzene rings is 1. The minimum atomic E-state index is -1.50. The van der Waals surface area contributed by atoms with Gasteiger partial charge in [-0.3, -0.25) is 24.0 Å². The number of aliphatic imine (C=N–C) groups is 1. The van der Waals surface area contributed by atoms with Crippen LogP contribution in [-0.4, -0.2) is 105 Å². The summed E-state index contributed by atoms with van der Waals surface area (Å²) in [5.74, 6) is -2.66. The second kappa shape index (κ2) is 14.6. The first-order chi connectivity index (χ1) is 24.3. The van der Waals surface area contributed by atoms with E-state index in [4.69, 9.17) is 5.73 Å². The maximum atomic E-state index is 14.7. The molecule has 3 aromatic rings. The third-order valence-corrected chi connectivity index (χ3v) is 11.3. The predicted molar refractivity (Wildman–Crippen MR) is 188 cm³/mol. The van der Waals surface area contributed by atoms with E-state index in [0.717, 1.165) is 32.1 Å². The fourth-order valence-corrected chi connectivity index (χ4v) is 8.65. The smallest absolute Gasteiger partial charge is 0.287 e. The van der Waals surface area contributed by atoms with Gasteiger partial charge in [0.1, 0.15) is 28.4 Å². The van der Waals surface area contributed by atoms with Crippen molar-refractivity contribution < 1.29 is 29.1 Å². The monoisotopic (exact) mass is 720 g/mol. The van der Waals surface area contributed by atoms with E-state index in [1.54, 1.807) is 55.5 Å². The number of aromatic nitrogens is 6. The third-order valence-electron chi connectivity index (χ3n) is 10.3. The van der Waals surface area contributed by atoms with Gasteiger partial charge in [-0.25, -0.2) is 14.4 Å². The van der Waals surface area contributed by atoms with E-state index in [0.29, 0.717) is 28.2 Å². The minimum absolute atomic E-state index is 0.0134. The van der Waals surface area contributed by atoms with Gasteiger partial charge in [0, 0.05) is 25.6 Å². The number of likely N-dealkylation sites (tertiary alicyclic amines) is 1. The number of fused-ring (bicyclic) bond motifs is 1. The van der Waals surface area contributed by atoms with Crippen molar-refractivity contribution in [1.82, 2.24) is 40.2 Å². The second-order valence-corrected chi connectivity index (χ2v) is 15.6. The number of primary amides is 1. The summed E-state index contributed by atoms with van der Waals surface area (Å²) in [5.41, 5.74) is 4.53. The van der Waals surface area contributed by atoms with Crippen LogP contribution in [-0.2, 0) is 31.8 Å². The molecule has 4 heterocycles. The molecule has 1 aromatic carbocycles. The van der Waals surface area contributed by atoms with E-state index in [9.17, 15) is 29.1 Å². The van der Waals surface area contributed by atoms with Crippen LogP contribution in [0.5, 0.6) is 0 Å². The Morgan fingerprint density at radius 3 is 2.51 bits per heavy atom. The lowest BCUT2D eigenvalue weighted by Gasteiger charge is -2.37. The lowest BCUT2D eigenvalue weighted by molar-refractivity contribution is -0.143. The van der Waals surface area contributed by atoms with Crippen LogP contribution in [0.3, 0.4) is 0 Å². The number of hydrogen-bond donors (Lipinski definition) is 3. The Morgan fingerprint density at radius 2 is 1.82 bits per heavy atom. The lowest BCUT2D eigenvalue weighted by Crippen LogP contribution is -2.63. The Morgan fingerprint density at radius 1 is 1.10 bits per heavy atom. The van der Waals surface area contributed by atoms with Gasteiger partial charge in [0.25, 0.3) is 17.7 Å². The van der Waals surface area contributed by atoms with Crippen LogP contribution < -0.4 is 11.1 Å². The summed E-state index contributed by atoms with van der Waals surface area (Å²) in [4.78, 5) is 73.9. The van der Waals surface area contributed by atoms with E-state index in [-0.39, 0.29) is 49.4 Å². The molecule has 6 rings (SSSR count). The van der Waals surface area contributed by atoms with Gasteiger partial charge in [0.15, 0.2) is 0 Å². The Bertz CT molecular complexity index is 1870. The van der Waals surface area contributed by atoms with Crippen molar-refractivity contribution in [3.63, 3.8) is 0 Å². The average molecular weight is 721 g/mol. The average Bonchev–Trinajstić information content (AvgIpc) is 3.87. The molecule has 4 N–H and O–H groups in total. The molecule has 1 saturated carbocycles. The highest BCUT2D eigenvalue weighted by Crippen LogP contribution is 2.35. The number of ketones is 1. The standard InChI is InChI=1S/C34H44N10O6S/c1-33(2,50)27-18-36-40-44(27)22-17-26(31(48)38-34(28(45)29(35)46)11-13-51-14-12-34)43(19-22)32(49)24(15-20-7-5-4-6-8-20)37-30(47)21-9-10-23-25(16-21)42(3)41-39-23/h9-10,16,18,20,22,26,50H,4-8,11-15,17,19H2,1-3H3,(H2,35,46)(H,38,48)/t22-,26-/m0/s1. The van der Waals surface area contributed by atoms with Crippen molar-refractivity contribution >= 4 is 57.9 Å². The van der Waals surface area contributed by atoms with Crippen molar-refractivity contribution in [2.45, 2.75) is 94.9 Å². The van der Waals surface area contributed by atoms with E-state index in [2.05, 4.69) is 30.9 Å². The number of carbonyl (C=O) groups is 5. The fraction of sp³-hybridized carbons (Fsp3) is 0.588. The summed E-state index contributed by atoms with van der Waals surface area (Å²) in [5, 5.41) is 30.0. The van der Waals surface area contributed by atoms with Crippen LogP contribution in [0.2, 0.25) is 0 Å². The van der Waals surface area contributed by atoms with Crippen LogP contribution in [0.4, 0.5) is 0 Å². The van der Waals surface area contributed by atoms with Gasteiger partial charge in [-0.2, -0.15) is 11.8 Å². The summed E-state index contributed by atoms with van der Waals surface area (Å²) in [7, 11) is 1.71. The molecule has 0 bridgehead atoms. The first kappa shape index (κ1) is 36.3. The molecule has 1 aliphatic carbocycles. The number of Topliss-reactive ketones (excluding diaryl/α,β-unsaturated/α-hetero) is 1. The zero-order valence-electron chi connectivity index (χ0n) is 29.1. The van der Waals surface area contributed by atoms with Crippen molar-refractivity contribution in [1.29, 1.82) is 0 Å². The SMILES string of the molecule is Cn1nnc2ccc(C(=O)N=C(CC3CCCCC3)C(=O)N3C[C@@H](n4nncc4C(C)(C)O)C[C@H]3C(=O)NC3(C(=O)C(N)=O)CCSCC3)cc21. The number of nitrogens with zero attached hydrogens (tertiary/aromatic N) is 8. The molecular weight excluding hydrogens is 677 g/mol. The Labute approximate surface area is 299 Å². The number of aliphatic hydroxyl groups is 1. The maximum Gasteiger partial charge on any atom is 0.287 e. The molecule has 17 heteroatoms. The molecule has 51 heavy (non-hydrogen) atoms. The van der Waals surface area contributed by atoms with Crippen LogP contribution in [0.15, 0.2) is 29.4 Å². The van der Waals surface area contributed by atoms with Crippen molar-refractivity contribution in [3.8, 4) is 0 Å². The summed E-state index contributed by atoms with van der Waals surface area (Å²) < 4.78 is 3.06. The number of aryl methyl sites for hydroxylation is 1. The van der Waals surface area contributed by atoms with Crippen LogP contribution >= 0.6 is 11.8 Å². The zero-order valence-corrected chi connectivity index (χ0v) is 29.9. The summed E-state index contributed by atoms with van der Waals surface area (Å²) in [6.45, 7) is 3.16. The van der Waals surface area contributed by atoms with Crippen LogP contribution in [0.25, 0.3) is 11.0 Å². The van der Waals surface area contributed by atoms with Gasteiger partial charge in [0.2, 0.25) is 11.7 Å². The lowest BCUT2D eigenvalue weighted by atomic mass is 9.85. The number of rotatable bonds is 10. The molecule has 272 valence electrons. The van der Waals surface area contributed by atoms with E-state index in [1.807, 2.05) is 0 Å². The molecular formula is C34H44N10O6S. The quantitative estimate of drug-likeness (QED) is 0.202. The first-order valence-corrected chi connectivity index (χ1v) is 18.5. The fourth-order valence-electron chi connectivity index (χ4n) is 7.46. The second-order valence-electron chi connectivity index (χ2n) is 14.4. The summed E-state index contributed by atoms with van der Waals surface area (Å²) >= 11 is 1.60. The molecule has 2 aliphatic heterocycles. The zero-order chi connectivity index (χ0) is 36.5. The highest BCUT2D eigenvalue weighted by Gasteiger charge is 2.49. The highest BCUT2D eigenvalue weighted by molar-refractivity contribution is 7.99. The highest BCUT2D eigenvalue weighted by atomic mass is 32.2. The first-order valence-electron chi connectivity index (χ1n) is 17.4. The topological polar surface area (TPSA) is 221 Å². The van der Waals surface area contributed by atoms with Gasteiger partial charge in [0.05, 0.1) is 23.4 Å². The number of hydrogen-bond acceptors (Lipinski definition) is 11. The predicted octanol–water partition coefficient (Wildman–Crippen LogP) is 1.62. The Kier molecular flexibility index (Phi) is 10.4. The molecule has 2 atom stereocenters. The van der Waals surface area contributed by atoms with Crippen molar-refractivity contribution in [2.75, 3.05) is 18.1 Å². The molecule has 0 radical (unpaired) electrons. The Hall–Kier alpha value is -4.51. The van der Waals surface area contributed by atoms with Gasteiger partial charge < -0.3 is 21.1 Å². The number of thioether (sulfide) groups is 1. The molecule has 2 saturated heterocycles. The molecule has 2 aromatic heterocycles. The summed E-state index contributed by atoms with van der Waals surface area (Å²) in [6.07, 6.45) is 7.01. The Balaban J connectivity index is 1.37. The summed E-state index contributed by atoms with van der Waals surface area (Å²) in [6, 6.07) is 3.17. The van der Waals surface area contributed by atoms with Gasteiger partial charge >= 0.3 is 0 Å². The van der Waals surface area contributed by atoms with Crippen LogP contribution in [0.1, 0.15) is 93.7 Å². The normalized spacial score (nSPS) is 21.5. The van der Waals surface area contributed by atoms with Gasteiger partial charge in [-0.05, 0) is 68.7 Å². The van der Waals surface area contributed by atoms with Gasteiger partial charge in [-0.1, -0.05) is 42.5 Å². The van der Waals surface area contributed by atoms with Crippen molar-refractivity contribution in [2.24, 2.45) is 23.7 Å². The van der Waals surface area contributed by atoms with E-state index < -0.39 is 52.6 Å². The van der Waals surface area contributed by atoms with E-state index in [1.165, 1.54) is 15.8 Å². The third kappa shape index (κ3) is 7.59. The van der Waals surface area contributed by atoms with Gasteiger partial charge in [-0.15, -0.1) is 10.2 Å². The molecule has 0 unspecified atom stereocenters. The molecule has 0 spiro atoms.